The number of hydrogen-bond donors (Lipinski definition) is 1. The summed E-state index contributed by atoms with van der Waals surface area (Å²) in [4.78, 5) is 4.96. The van der Waals surface area contributed by atoms with E-state index in [0.717, 1.165) is 13.0 Å². The molecule has 0 spiro atoms. The first-order valence-corrected chi connectivity index (χ1v) is 7.71. The molecular formula is C15H33N3O2. The highest BCUT2D eigenvalue weighted by Crippen LogP contribution is 2.27. The van der Waals surface area contributed by atoms with Crippen molar-refractivity contribution in [3.8, 4) is 0 Å². The van der Waals surface area contributed by atoms with Gasteiger partial charge in [-0.1, -0.05) is 6.92 Å². The van der Waals surface area contributed by atoms with Gasteiger partial charge in [0.05, 0.1) is 0 Å². The lowest BCUT2D eigenvalue weighted by Crippen LogP contribution is -2.57. The molecule has 0 saturated carbocycles. The molecule has 0 bridgehead atoms. The van der Waals surface area contributed by atoms with E-state index in [2.05, 4.69) is 30.7 Å². The van der Waals surface area contributed by atoms with Crippen molar-refractivity contribution in [2.45, 2.75) is 51.0 Å². The van der Waals surface area contributed by atoms with E-state index in [0.29, 0.717) is 12.6 Å². The Hall–Kier alpha value is -0.200. The molecule has 2 N–H and O–H groups in total. The predicted octanol–water partition coefficient (Wildman–Crippen LogP) is 1.13. The minimum Gasteiger partial charge on any atom is -0.356 e. The quantitative estimate of drug-likeness (QED) is 0.678. The molecule has 1 unspecified atom stereocenters. The second kappa shape index (κ2) is 8.29. The highest BCUT2D eigenvalue weighted by Gasteiger charge is 2.36. The van der Waals surface area contributed by atoms with Crippen molar-refractivity contribution in [2.24, 2.45) is 5.73 Å². The first-order chi connectivity index (χ1) is 9.50. The van der Waals surface area contributed by atoms with Crippen LogP contribution >= 0.6 is 0 Å². The third kappa shape index (κ3) is 4.40. The lowest BCUT2D eigenvalue weighted by Gasteiger charge is -2.46. The van der Waals surface area contributed by atoms with Crippen LogP contribution in [0.4, 0.5) is 0 Å². The molecule has 1 atom stereocenters. The predicted molar refractivity (Wildman–Crippen MR) is 82.8 cm³/mol. The first kappa shape index (κ1) is 17.9. The summed E-state index contributed by atoms with van der Waals surface area (Å²) in [5.74, 6) is 0. The van der Waals surface area contributed by atoms with Gasteiger partial charge in [0.1, 0.15) is 0 Å². The molecule has 0 aliphatic carbocycles. The first-order valence-electron chi connectivity index (χ1n) is 7.71. The molecule has 5 heteroatoms. The highest BCUT2D eigenvalue weighted by atomic mass is 16.7. The Morgan fingerprint density at radius 1 is 1.30 bits per heavy atom. The molecule has 0 aromatic heterocycles. The molecule has 1 fully saturated rings. The smallest absolute Gasteiger partial charge is 0.158 e. The normalized spacial score (nSPS) is 21.6. The van der Waals surface area contributed by atoms with E-state index in [1.54, 1.807) is 14.2 Å². The summed E-state index contributed by atoms with van der Waals surface area (Å²) in [7, 11) is 5.57. The van der Waals surface area contributed by atoms with Crippen molar-refractivity contribution in [1.82, 2.24) is 9.80 Å². The van der Waals surface area contributed by atoms with E-state index in [9.17, 15) is 0 Å². The number of rotatable bonds is 8. The fraction of sp³-hybridized carbons (Fsp3) is 1.00. The van der Waals surface area contributed by atoms with E-state index >= 15 is 0 Å². The second-order valence-electron chi connectivity index (χ2n) is 6.08. The lowest BCUT2D eigenvalue weighted by molar-refractivity contribution is -0.131. The largest absolute Gasteiger partial charge is 0.356 e. The number of nitrogens with zero attached hydrogens (tertiary/aromatic N) is 2. The summed E-state index contributed by atoms with van der Waals surface area (Å²) in [6.45, 7) is 8.58. The van der Waals surface area contributed by atoms with Crippen LogP contribution in [0.1, 0.15) is 33.1 Å². The number of piperidine rings is 1. The molecule has 0 amide bonds. The third-order valence-corrected chi connectivity index (χ3v) is 4.98. The fourth-order valence-electron chi connectivity index (χ4n) is 3.06. The summed E-state index contributed by atoms with van der Waals surface area (Å²) in [5, 5.41) is 0. The average molecular weight is 287 g/mol. The van der Waals surface area contributed by atoms with E-state index in [4.69, 9.17) is 15.2 Å². The Morgan fingerprint density at radius 2 is 1.85 bits per heavy atom. The van der Waals surface area contributed by atoms with E-state index in [1.807, 2.05) is 0 Å². The van der Waals surface area contributed by atoms with Gasteiger partial charge in [0.25, 0.3) is 0 Å². The van der Waals surface area contributed by atoms with Gasteiger partial charge < -0.3 is 20.1 Å². The summed E-state index contributed by atoms with van der Waals surface area (Å²) in [6, 6.07) is 0.598. The molecule has 0 aromatic carbocycles. The Kier molecular flexibility index (Phi) is 7.40. The van der Waals surface area contributed by atoms with Crippen LogP contribution in [-0.4, -0.2) is 75.1 Å². The van der Waals surface area contributed by atoms with Crippen LogP contribution in [0, 0.1) is 0 Å². The summed E-state index contributed by atoms with van der Waals surface area (Å²) < 4.78 is 10.7. The van der Waals surface area contributed by atoms with Crippen molar-refractivity contribution >= 4 is 0 Å². The maximum Gasteiger partial charge on any atom is 0.158 e. The van der Waals surface area contributed by atoms with Gasteiger partial charge in [0, 0.05) is 38.8 Å². The molecule has 1 rings (SSSR count). The number of likely N-dealkylation sites (N-methyl/N-ethyl adjacent to an activating group) is 1. The SMILES string of the molecule is CCN1CCC(N(C)C(C)(CN)CC(OC)OC)CC1. The molecule has 0 aromatic rings. The maximum atomic E-state index is 6.06. The van der Waals surface area contributed by atoms with Crippen LogP contribution < -0.4 is 5.73 Å². The Labute approximate surface area is 124 Å². The maximum absolute atomic E-state index is 6.06. The van der Waals surface area contributed by atoms with E-state index in [-0.39, 0.29) is 11.8 Å². The minimum atomic E-state index is -0.193. The third-order valence-electron chi connectivity index (χ3n) is 4.98. The van der Waals surface area contributed by atoms with E-state index < -0.39 is 0 Å². The molecular weight excluding hydrogens is 254 g/mol. The summed E-state index contributed by atoms with van der Waals surface area (Å²) in [6.07, 6.45) is 3.03. The average Bonchev–Trinajstić information content (AvgIpc) is 2.51. The van der Waals surface area contributed by atoms with Crippen LogP contribution in [0.3, 0.4) is 0 Å². The number of methoxy groups -OCH3 is 2. The second-order valence-corrected chi connectivity index (χ2v) is 6.08. The Bertz CT molecular complexity index is 266. The fourth-order valence-corrected chi connectivity index (χ4v) is 3.06. The zero-order valence-corrected chi connectivity index (χ0v) is 13.9. The van der Waals surface area contributed by atoms with Crippen molar-refractivity contribution in [1.29, 1.82) is 0 Å². The van der Waals surface area contributed by atoms with Crippen molar-refractivity contribution in [3.05, 3.63) is 0 Å². The Morgan fingerprint density at radius 3 is 2.25 bits per heavy atom. The van der Waals surface area contributed by atoms with Gasteiger partial charge in [-0.15, -0.1) is 0 Å². The van der Waals surface area contributed by atoms with E-state index in [1.165, 1.54) is 25.9 Å². The topological polar surface area (TPSA) is 51.0 Å². The number of ether oxygens (including phenoxy) is 2. The van der Waals surface area contributed by atoms with Gasteiger partial charge >= 0.3 is 0 Å². The number of nitrogens with two attached hydrogens (primary N) is 1. The minimum absolute atomic E-state index is 0.0876. The lowest BCUT2D eigenvalue weighted by atomic mass is 9.91. The van der Waals surface area contributed by atoms with Gasteiger partial charge in [0.2, 0.25) is 0 Å². The van der Waals surface area contributed by atoms with Crippen molar-refractivity contribution in [3.63, 3.8) is 0 Å². The molecule has 0 radical (unpaired) electrons. The molecule has 5 nitrogen and oxygen atoms in total. The molecule has 1 heterocycles. The molecule has 1 saturated heterocycles. The molecule has 120 valence electrons. The van der Waals surface area contributed by atoms with Gasteiger partial charge in [-0.05, 0) is 46.4 Å². The van der Waals surface area contributed by atoms with Crippen LogP contribution in [-0.2, 0) is 9.47 Å². The highest BCUT2D eigenvalue weighted by molar-refractivity contribution is 4.92. The van der Waals surface area contributed by atoms with Crippen LogP contribution in [0.2, 0.25) is 0 Å². The standard InChI is InChI=1S/C15H33N3O2/c1-6-18-9-7-13(8-10-18)17(3)15(2,12-16)11-14(19-4)20-5/h13-14H,6-12,16H2,1-5H3. The zero-order chi connectivity index (χ0) is 15.2. The number of hydrogen-bond acceptors (Lipinski definition) is 5. The zero-order valence-electron chi connectivity index (χ0n) is 13.9. The van der Waals surface area contributed by atoms with Gasteiger partial charge in [0.15, 0.2) is 6.29 Å². The summed E-state index contributed by atoms with van der Waals surface area (Å²) in [5.41, 5.74) is 5.98. The molecule has 20 heavy (non-hydrogen) atoms. The molecule has 1 aliphatic rings. The van der Waals surface area contributed by atoms with Gasteiger partial charge in [-0.25, -0.2) is 0 Å². The monoisotopic (exact) mass is 287 g/mol. The van der Waals surface area contributed by atoms with Crippen LogP contribution in [0.5, 0.6) is 0 Å². The van der Waals surface area contributed by atoms with Gasteiger partial charge in [-0.3, -0.25) is 4.90 Å². The van der Waals surface area contributed by atoms with Gasteiger partial charge in [-0.2, -0.15) is 0 Å². The summed E-state index contributed by atoms with van der Waals surface area (Å²) >= 11 is 0. The van der Waals surface area contributed by atoms with Crippen molar-refractivity contribution < 1.29 is 9.47 Å². The van der Waals surface area contributed by atoms with Crippen LogP contribution in [0.25, 0.3) is 0 Å². The Balaban J connectivity index is 2.63. The number of likely N-dealkylation sites (tertiary alicyclic amines) is 1. The van der Waals surface area contributed by atoms with Crippen molar-refractivity contribution in [2.75, 3.05) is 47.4 Å². The van der Waals surface area contributed by atoms with Crippen LogP contribution in [0.15, 0.2) is 0 Å². The molecule has 1 aliphatic heterocycles.